The molecule has 0 aromatic rings. The third kappa shape index (κ3) is 1.64. The predicted octanol–water partition coefficient (Wildman–Crippen LogP) is 0.239. The number of hydrogen-bond donors (Lipinski definition) is 1. The summed E-state index contributed by atoms with van der Waals surface area (Å²) in [5.41, 5.74) is 5.22. The molecule has 0 aromatic heterocycles. The molecule has 0 spiro atoms. The minimum absolute atomic E-state index is 0.282. The van der Waals surface area contributed by atoms with Crippen LogP contribution in [0.3, 0.4) is 0 Å². The lowest BCUT2D eigenvalue weighted by atomic mass is 10.6. The molecule has 48 valence electrons. The van der Waals surface area contributed by atoms with Crippen LogP contribution in [0.4, 0.5) is 4.39 Å². The number of nitrogens with zero attached hydrogens (tertiary/aromatic N) is 2. The molecule has 1 aliphatic rings. The summed E-state index contributed by atoms with van der Waals surface area (Å²) in [5.74, 6) is -0.130. The van der Waals surface area contributed by atoms with Gasteiger partial charge in [0.05, 0.1) is 19.0 Å². The van der Waals surface area contributed by atoms with Crippen LogP contribution in [-0.4, -0.2) is 18.6 Å². The maximum Gasteiger partial charge on any atom is 0.159 e. The number of hydrogen-bond acceptors (Lipinski definition) is 3. The number of aliphatic imine (C=N–C) groups is 2. The van der Waals surface area contributed by atoms with E-state index in [2.05, 4.69) is 9.98 Å². The van der Waals surface area contributed by atoms with Crippen LogP contribution >= 0.6 is 0 Å². The van der Waals surface area contributed by atoms with Gasteiger partial charge in [0.15, 0.2) is 5.83 Å². The first-order chi connectivity index (χ1) is 4.29. The first-order valence-electron chi connectivity index (χ1n) is 2.46. The molecule has 0 bridgehead atoms. The maximum atomic E-state index is 12.2. The zero-order chi connectivity index (χ0) is 6.69. The first-order valence-corrected chi connectivity index (χ1v) is 2.46. The third-order valence-electron chi connectivity index (χ3n) is 0.822. The number of nitrogens with two attached hydrogens (primary N) is 1. The highest BCUT2D eigenvalue weighted by molar-refractivity contribution is 5.88. The highest BCUT2D eigenvalue weighted by Gasteiger charge is 1.94. The van der Waals surface area contributed by atoms with Gasteiger partial charge in [0.25, 0.3) is 0 Å². The molecule has 2 N–H and O–H groups in total. The van der Waals surface area contributed by atoms with Crippen molar-refractivity contribution in [1.82, 2.24) is 0 Å². The highest BCUT2D eigenvalue weighted by atomic mass is 19.1. The van der Waals surface area contributed by atoms with Crippen molar-refractivity contribution in [3.63, 3.8) is 0 Å². The smallest absolute Gasteiger partial charge is 0.159 e. The average molecular weight is 127 g/mol. The van der Waals surface area contributed by atoms with Crippen molar-refractivity contribution in [1.29, 1.82) is 0 Å². The molecule has 1 aliphatic heterocycles. The van der Waals surface area contributed by atoms with E-state index in [1.807, 2.05) is 0 Å². The second-order valence-corrected chi connectivity index (χ2v) is 1.60. The second-order valence-electron chi connectivity index (χ2n) is 1.60. The van der Waals surface area contributed by atoms with E-state index >= 15 is 0 Å². The Morgan fingerprint density at radius 1 is 1.67 bits per heavy atom. The fourth-order valence-electron chi connectivity index (χ4n) is 0.445. The van der Waals surface area contributed by atoms with E-state index in [4.69, 9.17) is 5.73 Å². The topological polar surface area (TPSA) is 50.7 Å². The normalized spacial score (nSPS) is 18.3. The van der Waals surface area contributed by atoms with Gasteiger partial charge in [0, 0.05) is 0 Å². The summed E-state index contributed by atoms with van der Waals surface area (Å²) < 4.78 is 12.2. The van der Waals surface area contributed by atoms with E-state index in [1.165, 1.54) is 0 Å². The van der Waals surface area contributed by atoms with Gasteiger partial charge in [-0.15, -0.1) is 0 Å². The Morgan fingerprint density at radius 2 is 2.44 bits per heavy atom. The van der Waals surface area contributed by atoms with Crippen molar-refractivity contribution >= 4 is 12.1 Å². The van der Waals surface area contributed by atoms with Crippen molar-refractivity contribution in [2.24, 2.45) is 15.7 Å². The Balaban J connectivity index is 2.80. The van der Waals surface area contributed by atoms with Crippen LogP contribution in [0.2, 0.25) is 0 Å². The molecular formula is C5H6FN3. The Morgan fingerprint density at radius 3 is 3.22 bits per heavy atom. The van der Waals surface area contributed by atoms with Gasteiger partial charge in [0.2, 0.25) is 0 Å². The van der Waals surface area contributed by atoms with Gasteiger partial charge in [-0.2, -0.15) is 0 Å². The molecule has 9 heavy (non-hydrogen) atoms. The fraction of sp³-hybridized carbons (Fsp3) is 0.200. The minimum Gasteiger partial charge on any atom is -0.386 e. The lowest BCUT2D eigenvalue weighted by Gasteiger charge is -1.85. The molecule has 4 heteroatoms. The monoisotopic (exact) mass is 127 g/mol. The fourth-order valence-corrected chi connectivity index (χ4v) is 0.445. The van der Waals surface area contributed by atoms with E-state index in [-0.39, 0.29) is 6.54 Å². The van der Waals surface area contributed by atoms with Gasteiger partial charge in [-0.05, 0) is 0 Å². The zero-order valence-electron chi connectivity index (χ0n) is 4.71. The van der Waals surface area contributed by atoms with Crippen LogP contribution in [0.5, 0.6) is 0 Å². The van der Waals surface area contributed by atoms with Gasteiger partial charge in [-0.1, -0.05) is 0 Å². The molecule has 0 atom stereocenters. The summed E-state index contributed by atoms with van der Waals surface area (Å²) in [6.45, 7) is 0.282. The molecule has 0 saturated carbocycles. The van der Waals surface area contributed by atoms with Crippen LogP contribution in [0, 0.1) is 0 Å². The first kappa shape index (κ1) is 5.94. The average Bonchev–Trinajstić information content (AvgIpc) is 1.97. The zero-order valence-corrected chi connectivity index (χ0v) is 4.71. The maximum absolute atomic E-state index is 12.2. The molecular weight excluding hydrogens is 121 g/mol. The molecule has 0 unspecified atom stereocenters. The van der Waals surface area contributed by atoms with E-state index < -0.39 is 5.83 Å². The Hall–Kier alpha value is -1.19. The largest absolute Gasteiger partial charge is 0.386 e. The molecule has 0 aliphatic carbocycles. The number of amidine groups is 1. The second kappa shape index (κ2) is 2.39. The van der Waals surface area contributed by atoms with Gasteiger partial charge in [-0.25, -0.2) is 9.38 Å². The Bertz CT molecular complexity index is 192. The Labute approximate surface area is 51.8 Å². The molecule has 1 heterocycles. The van der Waals surface area contributed by atoms with Gasteiger partial charge in [0.1, 0.15) is 5.84 Å². The lowest BCUT2D eigenvalue weighted by Crippen LogP contribution is -2.13. The summed E-state index contributed by atoms with van der Waals surface area (Å²) in [7, 11) is 0. The quantitative estimate of drug-likeness (QED) is 0.497. The third-order valence-corrected chi connectivity index (χ3v) is 0.822. The SMILES string of the molecule is NC1=NC=C(F)C=NC1. The summed E-state index contributed by atoms with van der Waals surface area (Å²) in [4.78, 5) is 7.15. The van der Waals surface area contributed by atoms with Crippen LogP contribution in [0.25, 0.3) is 0 Å². The van der Waals surface area contributed by atoms with E-state index in [0.29, 0.717) is 5.84 Å². The molecule has 3 nitrogen and oxygen atoms in total. The van der Waals surface area contributed by atoms with Crippen LogP contribution in [0.1, 0.15) is 0 Å². The van der Waals surface area contributed by atoms with Crippen LogP contribution in [0.15, 0.2) is 22.0 Å². The van der Waals surface area contributed by atoms with Crippen LogP contribution < -0.4 is 5.73 Å². The number of allylic oxidation sites excluding steroid dienone is 1. The molecule has 0 amide bonds. The molecule has 0 saturated heterocycles. The number of halogens is 1. The van der Waals surface area contributed by atoms with E-state index in [0.717, 1.165) is 12.4 Å². The summed E-state index contributed by atoms with van der Waals surface area (Å²) >= 11 is 0. The van der Waals surface area contributed by atoms with Gasteiger partial charge in [-0.3, -0.25) is 4.99 Å². The number of rotatable bonds is 0. The minimum atomic E-state index is -0.463. The summed E-state index contributed by atoms with van der Waals surface area (Å²) in [5, 5.41) is 0. The van der Waals surface area contributed by atoms with Gasteiger partial charge >= 0.3 is 0 Å². The molecule has 0 fully saturated rings. The summed E-state index contributed by atoms with van der Waals surface area (Å²) in [6, 6.07) is 0. The van der Waals surface area contributed by atoms with E-state index in [1.54, 1.807) is 0 Å². The summed E-state index contributed by atoms with van der Waals surface area (Å²) in [6.07, 6.45) is 2.15. The van der Waals surface area contributed by atoms with Crippen molar-refractivity contribution in [3.8, 4) is 0 Å². The van der Waals surface area contributed by atoms with Crippen molar-refractivity contribution in [3.05, 3.63) is 12.0 Å². The predicted molar refractivity (Wildman–Crippen MR) is 34.2 cm³/mol. The standard InChI is InChI=1S/C5H6FN3/c6-4-1-8-3-5(7)9-2-4/h1-2H,3H2,(H2,7,9). The lowest BCUT2D eigenvalue weighted by molar-refractivity contribution is 0.683. The van der Waals surface area contributed by atoms with Crippen molar-refractivity contribution < 1.29 is 4.39 Å². The van der Waals surface area contributed by atoms with Crippen LogP contribution in [-0.2, 0) is 0 Å². The van der Waals surface area contributed by atoms with Crippen molar-refractivity contribution in [2.75, 3.05) is 6.54 Å². The van der Waals surface area contributed by atoms with E-state index in [9.17, 15) is 4.39 Å². The van der Waals surface area contributed by atoms with Gasteiger partial charge < -0.3 is 5.73 Å². The molecule has 1 rings (SSSR count). The molecule has 0 radical (unpaired) electrons. The highest BCUT2D eigenvalue weighted by Crippen LogP contribution is 1.95. The Kier molecular flexibility index (Phi) is 1.58. The van der Waals surface area contributed by atoms with Crippen molar-refractivity contribution in [2.45, 2.75) is 0 Å². The molecule has 0 aromatic carbocycles.